The Kier molecular flexibility index (Phi) is 7.50. The predicted molar refractivity (Wildman–Crippen MR) is 75.3 cm³/mol. The van der Waals surface area contributed by atoms with Crippen molar-refractivity contribution in [2.45, 2.75) is 51.1 Å². The molecular weight excluding hydrogens is 216 g/mol. The predicted octanol–water partition coefficient (Wildman–Crippen LogP) is 2.59. The van der Waals surface area contributed by atoms with Crippen LogP contribution in [0, 0.1) is 0 Å². The van der Waals surface area contributed by atoms with Crippen molar-refractivity contribution < 1.29 is 0 Å². The molecule has 0 radical (unpaired) electrons. The van der Waals surface area contributed by atoms with Gasteiger partial charge < -0.3 is 10.2 Å². The van der Waals surface area contributed by atoms with Crippen molar-refractivity contribution in [2.75, 3.05) is 32.1 Å². The molecule has 0 spiro atoms. The third-order valence-electron chi connectivity index (χ3n) is 3.36. The first kappa shape index (κ1) is 14.3. The second-order valence-corrected chi connectivity index (χ2v) is 5.98. The molecule has 0 aromatic rings. The van der Waals surface area contributed by atoms with Crippen LogP contribution in [0.5, 0.6) is 0 Å². The van der Waals surface area contributed by atoms with Crippen molar-refractivity contribution in [1.29, 1.82) is 0 Å². The summed E-state index contributed by atoms with van der Waals surface area (Å²) in [6.07, 6.45) is 9.08. The minimum absolute atomic E-state index is 0.722. The minimum atomic E-state index is 0.722. The third kappa shape index (κ3) is 6.77. The highest BCUT2D eigenvalue weighted by atomic mass is 32.2. The van der Waals surface area contributed by atoms with Gasteiger partial charge in [0.2, 0.25) is 0 Å². The summed E-state index contributed by atoms with van der Waals surface area (Å²) in [5, 5.41) is 3.57. The van der Waals surface area contributed by atoms with Gasteiger partial charge in [-0.25, -0.2) is 0 Å². The molecule has 0 heterocycles. The quantitative estimate of drug-likeness (QED) is 0.595. The molecule has 3 heteroatoms. The van der Waals surface area contributed by atoms with Crippen LogP contribution in [0.3, 0.4) is 0 Å². The molecule has 0 saturated heterocycles. The number of hydrogen-bond acceptors (Lipinski definition) is 3. The molecule has 2 nitrogen and oxygen atoms in total. The number of unbranched alkanes of at least 4 members (excludes halogenated alkanes) is 2. The Balaban J connectivity index is 1.84. The molecule has 0 aromatic heterocycles. The normalized spacial score (nSPS) is 18.0. The third-order valence-corrected chi connectivity index (χ3v) is 4.17. The maximum atomic E-state index is 3.57. The SMILES string of the molecule is CSCC(C)N(C)CCCCCNC1CC1. The molecular formula is C13H28N2S. The molecule has 0 aromatic carbocycles. The largest absolute Gasteiger partial charge is 0.314 e. The van der Waals surface area contributed by atoms with E-state index in [1.165, 1.54) is 50.9 Å². The van der Waals surface area contributed by atoms with Crippen LogP contribution in [0.4, 0.5) is 0 Å². The maximum absolute atomic E-state index is 3.57. The molecule has 0 aliphatic heterocycles. The standard InChI is InChI=1S/C13H28N2S/c1-12(11-16-3)15(2)10-6-4-5-9-14-13-7-8-13/h12-14H,4-11H2,1-3H3. The van der Waals surface area contributed by atoms with Crippen LogP contribution in [-0.4, -0.2) is 49.1 Å². The fourth-order valence-electron chi connectivity index (χ4n) is 1.85. The van der Waals surface area contributed by atoms with Gasteiger partial charge in [-0.3, -0.25) is 0 Å². The zero-order valence-electron chi connectivity index (χ0n) is 11.2. The smallest absolute Gasteiger partial charge is 0.0154 e. The van der Waals surface area contributed by atoms with E-state index in [1.807, 2.05) is 11.8 Å². The van der Waals surface area contributed by atoms with Crippen LogP contribution in [0.25, 0.3) is 0 Å². The van der Waals surface area contributed by atoms with Crippen molar-refractivity contribution in [3.63, 3.8) is 0 Å². The van der Waals surface area contributed by atoms with E-state index in [4.69, 9.17) is 0 Å². The summed E-state index contributed by atoms with van der Waals surface area (Å²) in [7, 11) is 2.25. The highest BCUT2D eigenvalue weighted by Gasteiger charge is 2.19. The molecule has 1 fully saturated rings. The summed E-state index contributed by atoms with van der Waals surface area (Å²) in [5.41, 5.74) is 0. The van der Waals surface area contributed by atoms with Crippen LogP contribution >= 0.6 is 11.8 Å². The van der Waals surface area contributed by atoms with E-state index in [9.17, 15) is 0 Å². The van der Waals surface area contributed by atoms with Gasteiger partial charge in [-0.1, -0.05) is 6.42 Å². The van der Waals surface area contributed by atoms with Gasteiger partial charge in [-0.15, -0.1) is 0 Å². The summed E-state index contributed by atoms with van der Waals surface area (Å²) >= 11 is 1.94. The van der Waals surface area contributed by atoms with Gasteiger partial charge in [0.25, 0.3) is 0 Å². The van der Waals surface area contributed by atoms with Gasteiger partial charge in [-0.05, 0) is 59.0 Å². The summed E-state index contributed by atoms with van der Waals surface area (Å²) < 4.78 is 0. The Bertz CT molecular complexity index is 171. The van der Waals surface area contributed by atoms with Gasteiger partial charge in [0, 0.05) is 17.8 Å². The molecule has 1 rings (SSSR count). The highest BCUT2D eigenvalue weighted by Crippen LogP contribution is 2.18. The first-order valence-electron chi connectivity index (χ1n) is 6.66. The van der Waals surface area contributed by atoms with Gasteiger partial charge >= 0.3 is 0 Å². The number of rotatable bonds is 10. The van der Waals surface area contributed by atoms with E-state index < -0.39 is 0 Å². The van der Waals surface area contributed by atoms with Gasteiger partial charge in [0.1, 0.15) is 0 Å². The topological polar surface area (TPSA) is 15.3 Å². The monoisotopic (exact) mass is 244 g/mol. The second-order valence-electron chi connectivity index (χ2n) is 5.07. The van der Waals surface area contributed by atoms with Gasteiger partial charge in [0.05, 0.1) is 0 Å². The molecule has 1 unspecified atom stereocenters. The number of nitrogens with zero attached hydrogens (tertiary/aromatic N) is 1. The molecule has 1 N–H and O–H groups in total. The fraction of sp³-hybridized carbons (Fsp3) is 1.00. The summed E-state index contributed by atoms with van der Waals surface area (Å²) in [4.78, 5) is 2.49. The van der Waals surface area contributed by atoms with Crippen molar-refractivity contribution in [3.8, 4) is 0 Å². The second kappa shape index (κ2) is 8.37. The van der Waals surface area contributed by atoms with Crippen molar-refractivity contribution >= 4 is 11.8 Å². The lowest BCUT2D eigenvalue weighted by Crippen LogP contribution is -2.31. The number of thioether (sulfide) groups is 1. The van der Waals surface area contributed by atoms with Crippen molar-refractivity contribution in [2.24, 2.45) is 0 Å². The fourth-order valence-corrected chi connectivity index (χ4v) is 2.58. The Morgan fingerprint density at radius 2 is 2.06 bits per heavy atom. The highest BCUT2D eigenvalue weighted by molar-refractivity contribution is 7.98. The van der Waals surface area contributed by atoms with Crippen LogP contribution in [-0.2, 0) is 0 Å². The van der Waals surface area contributed by atoms with Crippen molar-refractivity contribution in [3.05, 3.63) is 0 Å². The summed E-state index contributed by atoms with van der Waals surface area (Å²) in [6.45, 7) is 4.81. The van der Waals surface area contributed by atoms with Crippen molar-refractivity contribution in [1.82, 2.24) is 10.2 Å². The lowest BCUT2D eigenvalue weighted by atomic mass is 10.2. The van der Waals surface area contributed by atoms with Crippen LogP contribution in [0.1, 0.15) is 39.0 Å². The van der Waals surface area contributed by atoms with E-state index in [-0.39, 0.29) is 0 Å². The molecule has 0 bridgehead atoms. The number of hydrogen-bond donors (Lipinski definition) is 1. The Morgan fingerprint density at radius 3 is 2.69 bits per heavy atom. The molecule has 1 aliphatic rings. The van der Waals surface area contributed by atoms with E-state index in [0.717, 1.165) is 12.1 Å². The summed E-state index contributed by atoms with van der Waals surface area (Å²) in [5.74, 6) is 1.25. The Labute approximate surface area is 106 Å². The van der Waals surface area contributed by atoms with E-state index in [2.05, 4.69) is 30.4 Å². The van der Waals surface area contributed by atoms with Gasteiger partial charge in [-0.2, -0.15) is 11.8 Å². The first-order valence-corrected chi connectivity index (χ1v) is 8.06. The van der Waals surface area contributed by atoms with E-state index in [0.29, 0.717) is 0 Å². The average molecular weight is 244 g/mol. The molecule has 96 valence electrons. The number of nitrogens with one attached hydrogen (secondary N) is 1. The Hall–Kier alpha value is 0.270. The molecule has 1 atom stereocenters. The van der Waals surface area contributed by atoms with Crippen LogP contribution in [0.2, 0.25) is 0 Å². The van der Waals surface area contributed by atoms with Crippen LogP contribution < -0.4 is 5.32 Å². The first-order chi connectivity index (χ1) is 7.74. The molecule has 0 amide bonds. The molecule has 1 aliphatic carbocycles. The van der Waals surface area contributed by atoms with E-state index in [1.54, 1.807) is 0 Å². The average Bonchev–Trinajstić information content (AvgIpc) is 3.07. The van der Waals surface area contributed by atoms with Gasteiger partial charge in [0.15, 0.2) is 0 Å². The minimum Gasteiger partial charge on any atom is -0.314 e. The maximum Gasteiger partial charge on any atom is 0.0154 e. The summed E-state index contributed by atoms with van der Waals surface area (Å²) in [6, 6.07) is 1.60. The molecule has 1 saturated carbocycles. The van der Waals surface area contributed by atoms with E-state index >= 15 is 0 Å². The zero-order valence-corrected chi connectivity index (χ0v) is 12.0. The lowest BCUT2D eigenvalue weighted by molar-refractivity contribution is 0.271. The lowest BCUT2D eigenvalue weighted by Gasteiger charge is -2.23. The zero-order chi connectivity index (χ0) is 11.8. The Morgan fingerprint density at radius 1 is 1.31 bits per heavy atom. The van der Waals surface area contributed by atoms with Crippen LogP contribution in [0.15, 0.2) is 0 Å². The molecule has 16 heavy (non-hydrogen) atoms.